The fourth-order valence-electron chi connectivity index (χ4n) is 4.15. The molecule has 2 aromatic carbocycles. The van der Waals surface area contributed by atoms with Crippen molar-refractivity contribution < 1.29 is 0 Å². The molecule has 2 aliphatic rings. The van der Waals surface area contributed by atoms with Gasteiger partial charge >= 0.3 is 0 Å². The van der Waals surface area contributed by atoms with Crippen molar-refractivity contribution in [2.45, 2.75) is 62.4 Å². The van der Waals surface area contributed by atoms with E-state index in [0.717, 1.165) is 34.6 Å². The molecule has 4 rings (SSSR count). The van der Waals surface area contributed by atoms with Gasteiger partial charge in [-0.15, -0.1) is 0 Å². The molecule has 0 aromatic heterocycles. The van der Waals surface area contributed by atoms with Crippen molar-refractivity contribution in [2.75, 3.05) is 0 Å². The van der Waals surface area contributed by atoms with E-state index in [9.17, 15) is 0 Å². The molecular weight excluding hydrogens is 452 g/mol. The minimum absolute atomic E-state index is 0.0410. The van der Waals surface area contributed by atoms with E-state index in [2.05, 4.69) is 80.4 Å². The van der Waals surface area contributed by atoms with Gasteiger partial charge in [-0.25, -0.2) is 0 Å². The fraction of sp³-hybridized carbons (Fsp3) is 0.455. The Morgan fingerprint density at radius 2 is 0.808 bits per heavy atom. The SMILES string of the molecule is NC1(c2ccc(Br)cc2)CCCC1.NC1(c2ccc(Br)cc2)CCCC1. The highest BCUT2D eigenvalue weighted by atomic mass is 79.9. The van der Waals surface area contributed by atoms with E-state index in [1.54, 1.807) is 0 Å². The summed E-state index contributed by atoms with van der Waals surface area (Å²) in [6.07, 6.45) is 9.62. The minimum Gasteiger partial charge on any atom is -0.321 e. The van der Waals surface area contributed by atoms with Gasteiger partial charge in [-0.1, -0.05) is 81.8 Å². The van der Waals surface area contributed by atoms with Crippen LogP contribution in [0.3, 0.4) is 0 Å². The Kier molecular flexibility index (Phi) is 6.60. The molecule has 2 aromatic rings. The van der Waals surface area contributed by atoms with Crippen LogP contribution >= 0.6 is 31.9 Å². The normalized spacial score (nSPS) is 20.5. The molecule has 0 aliphatic heterocycles. The Bertz CT molecular complexity index is 634. The maximum absolute atomic E-state index is 6.32. The second-order valence-corrected chi connectivity index (χ2v) is 9.57. The molecule has 2 saturated carbocycles. The topological polar surface area (TPSA) is 52.0 Å². The zero-order chi connectivity index (χ0) is 18.6. The molecule has 0 amide bonds. The lowest BCUT2D eigenvalue weighted by Crippen LogP contribution is -2.32. The minimum atomic E-state index is -0.0410. The molecule has 2 aliphatic carbocycles. The Morgan fingerprint density at radius 1 is 0.538 bits per heavy atom. The molecule has 0 saturated heterocycles. The third-order valence-electron chi connectivity index (χ3n) is 5.83. The van der Waals surface area contributed by atoms with Gasteiger partial charge < -0.3 is 11.5 Å². The van der Waals surface area contributed by atoms with Crippen molar-refractivity contribution in [3.05, 3.63) is 68.6 Å². The average Bonchev–Trinajstić information content (AvgIpc) is 3.27. The molecule has 0 atom stereocenters. The maximum atomic E-state index is 6.32. The molecular formula is C22H28Br2N2. The number of halogens is 2. The average molecular weight is 480 g/mol. The van der Waals surface area contributed by atoms with Gasteiger partial charge in [-0.05, 0) is 61.1 Å². The number of hydrogen-bond acceptors (Lipinski definition) is 2. The lowest BCUT2D eigenvalue weighted by molar-refractivity contribution is 0.461. The van der Waals surface area contributed by atoms with E-state index >= 15 is 0 Å². The first-order valence-electron chi connectivity index (χ1n) is 9.51. The molecule has 26 heavy (non-hydrogen) atoms. The van der Waals surface area contributed by atoms with Crippen LogP contribution in [0.1, 0.15) is 62.5 Å². The van der Waals surface area contributed by atoms with Crippen LogP contribution in [0.2, 0.25) is 0 Å². The Hall–Kier alpha value is -0.680. The van der Waals surface area contributed by atoms with Crippen LogP contribution in [-0.2, 0) is 11.1 Å². The summed E-state index contributed by atoms with van der Waals surface area (Å²) < 4.78 is 2.25. The van der Waals surface area contributed by atoms with E-state index in [1.165, 1.54) is 36.8 Å². The predicted octanol–water partition coefficient (Wildman–Crippen LogP) is 6.35. The van der Waals surface area contributed by atoms with Crippen LogP contribution in [0, 0.1) is 0 Å². The summed E-state index contributed by atoms with van der Waals surface area (Å²) in [6, 6.07) is 16.8. The summed E-state index contributed by atoms with van der Waals surface area (Å²) >= 11 is 6.86. The van der Waals surface area contributed by atoms with Crippen molar-refractivity contribution in [3.8, 4) is 0 Å². The maximum Gasteiger partial charge on any atom is 0.0409 e. The van der Waals surface area contributed by atoms with Crippen LogP contribution in [0.5, 0.6) is 0 Å². The molecule has 0 spiro atoms. The van der Waals surface area contributed by atoms with E-state index in [1.807, 2.05) is 0 Å². The lowest BCUT2D eigenvalue weighted by atomic mass is 9.90. The Labute approximate surface area is 174 Å². The van der Waals surface area contributed by atoms with Gasteiger partial charge in [0.2, 0.25) is 0 Å². The lowest BCUT2D eigenvalue weighted by Gasteiger charge is -2.24. The highest BCUT2D eigenvalue weighted by molar-refractivity contribution is 9.10. The number of benzene rings is 2. The van der Waals surface area contributed by atoms with Crippen LogP contribution in [0.4, 0.5) is 0 Å². The van der Waals surface area contributed by atoms with Gasteiger partial charge in [0.15, 0.2) is 0 Å². The van der Waals surface area contributed by atoms with Crippen LogP contribution in [0.25, 0.3) is 0 Å². The Balaban J connectivity index is 0.000000151. The number of hydrogen-bond donors (Lipinski definition) is 2. The third-order valence-corrected chi connectivity index (χ3v) is 6.89. The van der Waals surface area contributed by atoms with Gasteiger partial charge in [0.1, 0.15) is 0 Å². The van der Waals surface area contributed by atoms with E-state index in [4.69, 9.17) is 11.5 Å². The summed E-state index contributed by atoms with van der Waals surface area (Å²) in [4.78, 5) is 0. The van der Waals surface area contributed by atoms with Gasteiger partial charge in [-0.3, -0.25) is 0 Å². The highest BCUT2D eigenvalue weighted by Gasteiger charge is 2.31. The summed E-state index contributed by atoms with van der Waals surface area (Å²) in [6.45, 7) is 0. The first-order valence-corrected chi connectivity index (χ1v) is 11.1. The molecule has 0 radical (unpaired) electrons. The summed E-state index contributed by atoms with van der Waals surface area (Å²) in [5.41, 5.74) is 15.1. The van der Waals surface area contributed by atoms with Crippen LogP contribution < -0.4 is 11.5 Å². The standard InChI is InChI=1S/2C11H14BrN/c2*12-10-5-3-9(4-6-10)11(13)7-1-2-8-11/h2*3-6H,1-2,7-8,13H2. The summed E-state index contributed by atoms with van der Waals surface area (Å²) in [5.74, 6) is 0. The second-order valence-electron chi connectivity index (χ2n) is 7.74. The van der Waals surface area contributed by atoms with Crippen molar-refractivity contribution in [3.63, 3.8) is 0 Å². The molecule has 2 nitrogen and oxygen atoms in total. The third kappa shape index (κ3) is 4.78. The Morgan fingerprint density at radius 3 is 1.08 bits per heavy atom. The highest BCUT2D eigenvalue weighted by Crippen LogP contribution is 2.37. The zero-order valence-electron chi connectivity index (χ0n) is 15.2. The number of nitrogens with two attached hydrogens (primary N) is 2. The smallest absolute Gasteiger partial charge is 0.0409 e. The van der Waals surface area contributed by atoms with Crippen molar-refractivity contribution in [1.82, 2.24) is 0 Å². The van der Waals surface area contributed by atoms with Crippen LogP contribution in [0.15, 0.2) is 57.5 Å². The predicted molar refractivity (Wildman–Crippen MR) is 117 cm³/mol. The molecule has 0 bridgehead atoms. The monoisotopic (exact) mass is 478 g/mol. The van der Waals surface area contributed by atoms with Crippen molar-refractivity contribution >= 4 is 31.9 Å². The van der Waals surface area contributed by atoms with Gasteiger partial charge in [0, 0.05) is 20.0 Å². The fourth-order valence-corrected chi connectivity index (χ4v) is 4.68. The van der Waals surface area contributed by atoms with Crippen LogP contribution in [-0.4, -0.2) is 0 Å². The largest absolute Gasteiger partial charge is 0.321 e. The molecule has 0 heterocycles. The first-order chi connectivity index (χ1) is 12.4. The van der Waals surface area contributed by atoms with E-state index in [0.29, 0.717) is 0 Å². The van der Waals surface area contributed by atoms with Crippen molar-refractivity contribution in [1.29, 1.82) is 0 Å². The molecule has 140 valence electrons. The quantitative estimate of drug-likeness (QED) is 0.526. The van der Waals surface area contributed by atoms with Crippen molar-refractivity contribution in [2.24, 2.45) is 11.5 Å². The molecule has 0 unspecified atom stereocenters. The molecule has 4 heteroatoms. The second kappa shape index (κ2) is 8.55. The van der Waals surface area contributed by atoms with E-state index in [-0.39, 0.29) is 11.1 Å². The molecule has 2 fully saturated rings. The van der Waals surface area contributed by atoms with Gasteiger partial charge in [0.05, 0.1) is 0 Å². The summed E-state index contributed by atoms with van der Waals surface area (Å²) in [5, 5.41) is 0. The summed E-state index contributed by atoms with van der Waals surface area (Å²) in [7, 11) is 0. The molecule has 4 N–H and O–H groups in total. The first kappa shape index (κ1) is 20.1. The van der Waals surface area contributed by atoms with E-state index < -0.39 is 0 Å². The number of rotatable bonds is 2. The van der Waals surface area contributed by atoms with Gasteiger partial charge in [-0.2, -0.15) is 0 Å². The zero-order valence-corrected chi connectivity index (χ0v) is 18.4. The van der Waals surface area contributed by atoms with Gasteiger partial charge in [0.25, 0.3) is 0 Å².